The SMILES string of the molecule is CC(C)[C@H]1NC(=S)N(C2CCCCC2)C1=O. The Hall–Kier alpha value is -0.640. The first-order valence-corrected chi connectivity index (χ1v) is 6.65. The molecule has 0 aromatic rings. The number of thiocarbonyl (C=S) groups is 1. The number of rotatable bonds is 2. The van der Waals surface area contributed by atoms with Crippen LogP contribution in [0.25, 0.3) is 0 Å². The highest BCUT2D eigenvalue weighted by Gasteiger charge is 2.40. The van der Waals surface area contributed by atoms with Crippen LogP contribution < -0.4 is 5.32 Å². The van der Waals surface area contributed by atoms with Gasteiger partial charge in [0.25, 0.3) is 5.91 Å². The molecule has 1 heterocycles. The van der Waals surface area contributed by atoms with Gasteiger partial charge in [0, 0.05) is 6.04 Å². The lowest BCUT2D eigenvalue weighted by molar-refractivity contribution is -0.129. The van der Waals surface area contributed by atoms with Gasteiger partial charge >= 0.3 is 0 Å². The number of hydrogen-bond donors (Lipinski definition) is 1. The number of carbonyl (C=O) groups is 1. The van der Waals surface area contributed by atoms with Gasteiger partial charge in [-0.25, -0.2) is 0 Å². The number of carbonyl (C=O) groups excluding carboxylic acids is 1. The van der Waals surface area contributed by atoms with E-state index in [1.54, 1.807) is 0 Å². The Morgan fingerprint density at radius 2 is 1.94 bits per heavy atom. The molecular weight excluding hydrogens is 220 g/mol. The third-order valence-corrected chi connectivity index (χ3v) is 3.92. The predicted molar refractivity (Wildman–Crippen MR) is 68.1 cm³/mol. The molecule has 0 bridgehead atoms. The summed E-state index contributed by atoms with van der Waals surface area (Å²) in [6, 6.07) is 0.249. The molecule has 1 N–H and O–H groups in total. The Labute approximate surface area is 103 Å². The highest BCUT2D eigenvalue weighted by molar-refractivity contribution is 7.80. The second kappa shape index (κ2) is 4.70. The maximum absolute atomic E-state index is 12.2. The predicted octanol–water partition coefficient (Wildman–Crippen LogP) is 2.06. The highest BCUT2D eigenvalue weighted by atomic mass is 32.1. The van der Waals surface area contributed by atoms with E-state index in [1.165, 1.54) is 19.3 Å². The molecule has 0 radical (unpaired) electrons. The summed E-state index contributed by atoms with van der Waals surface area (Å²) >= 11 is 5.29. The van der Waals surface area contributed by atoms with E-state index in [0.29, 0.717) is 17.1 Å². The molecule has 0 unspecified atom stereocenters. The van der Waals surface area contributed by atoms with Gasteiger partial charge in [0.05, 0.1) is 0 Å². The van der Waals surface area contributed by atoms with E-state index in [2.05, 4.69) is 19.2 Å². The molecule has 4 heteroatoms. The third-order valence-electron chi connectivity index (χ3n) is 3.61. The zero-order valence-corrected chi connectivity index (χ0v) is 10.8. The maximum atomic E-state index is 12.2. The Bertz CT molecular complexity index is 297. The van der Waals surface area contributed by atoms with Crippen molar-refractivity contribution in [3.05, 3.63) is 0 Å². The molecule has 1 saturated carbocycles. The van der Waals surface area contributed by atoms with Gasteiger partial charge in [0.15, 0.2) is 5.11 Å². The molecule has 3 nitrogen and oxygen atoms in total. The molecule has 1 amide bonds. The second-order valence-corrected chi connectivity index (χ2v) is 5.56. The Morgan fingerprint density at radius 3 is 2.44 bits per heavy atom. The van der Waals surface area contributed by atoms with Gasteiger partial charge in [0.1, 0.15) is 6.04 Å². The van der Waals surface area contributed by atoms with Crippen molar-refractivity contribution in [3.8, 4) is 0 Å². The minimum Gasteiger partial charge on any atom is -0.350 e. The van der Waals surface area contributed by atoms with E-state index in [4.69, 9.17) is 12.2 Å². The number of nitrogens with one attached hydrogen (secondary N) is 1. The lowest BCUT2D eigenvalue weighted by Gasteiger charge is -2.30. The normalized spacial score (nSPS) is 27.7. The van der Waals surface area contributed by atoms with Crippen molar-refractivity contribution < 1.29 is 4.79 Å². The number of nitrogens with zero attached hydrogens (tertiary/aromatic N) is 1. The van der Waals surface area contributed by atoms with Crippen LogP contribution >= 0.6 is 12.2 Å². The van der Waals surface area contributed by atoms with E-state index in [9.17, 15) is 4.79 Å². The minimum atomic E-state index is -0.102. The lowest BCUT2D eigenvalue weighted by Crippen LogP contribution is -2.42. The van der Waals surface area contributed by atoms with E-state index < -0.39 is 0 Å². The van der Waals surface area contributed by atoms with Crippen LogP contribution in [0, 0.1) is 5.92 Å². The first-order valence-electron chi connectivity index (χ1n) is 6.25. The molecule has 2 rings (SSSR count). The largest absolute Gasteiger partial charge is 0.350 e. The van der Waals surface area contributed by atoms with Gasteiger partial charge in [-0.1, -0.05) is 33.1 Å². The molecule has 16 heavy (non-hydrogen) atoms. The Kier molecular flexibility index (Phi) is 3.47. The molecule has 1 aliphatic heterocycles. The molecule has 0 aromatic heterocycles. The van der Waals surface area contributed by atoms with Crippen molar-refractivity contribution in [2.24, 2.45) is 5.92 Å². The number of amides is 1. The first kappa shape index (κ1) is 11.8. The van der Waals surface area contributed by atoms with E-state index in [1.807, 2.05) is 4.90 Å². The van der Waals surface area contributed by atoms with Crippen molar-refractivity contribution in [1.29, 1.82) is 0 Å². The molecule has 0 spiro atoms. The lowest BCUT2D eigenvalue weighted by atomic mass is 9.94. The van der Waals surface area contributed by atoms with Crippen molar-refractivity contribution in [3.63, 3.8) is 0 Å². The van der Waals surface area contributed by atoms with Gasteiger partial charge in [-0.05, 0) is 31.0 Å². The van der Waals surface area contributed by atoms with Crippen molar-refractivity contribution in [1.82, 2.24) is 10.2 Å². The standard InChI is InChI=1S/C12H20N2OS/c1-8(2)10-11(15)14(12(16)13-10)9-6-4-3-5-7-9/h8-10H,3-7H2,1-2H3,(H,13,16)/t10-/m1/s1. The molecule has 2 fully saturated rings. The molecule has 90 valence electrons. The summed E-state index contributed by atoms with van der Waals surface area (Å²) in [5.74, 6) is 0.492. The average molecular weight is 240 g/mol. The summed E-state index contributed by atoms with van der Waals surface area (Å²) < 4.78 is 0. The van der Waals surface area contributed by atoms with E-state index >= 15 is 0 Å². The van der Waals surface area contributed by atoms with E-state index in [-0.39, 0.29) is 11.9 Å². The van der Waals surface area contributed by atoms with Gasteiger partial charge in [0.2, 0.25) is 0 Å². The third kappa shape index (κ3) is 2.08. The van der Waals surface area contributed by atoms with Gasteiger partial charge in [-0.15, -0.1) is 0 Å². The molecule has 1 atom stereocenters. The van der Waals surface area contributed by atoms with Crippen molar-refractivity contribution in [2.45, 2.75) is 58.0 Å². The van der Waals surface area contributed by atoms with Crippen LogP contribution in [0.3, 0.4) is 0 Å². The number of hydrogen-bond acceptors (Lipinski definition) is 2. The quantitative estimate of drug-likeness (QED) is 0.750. The van der Waals surface area contributed by atoms with Gasteiger partial charge < -0.3 is 5.32 Å². The maximum Gasteiger partial charge on any atom is 0.251 e. The summed E-state index contributed by atoms with van der Waals surface area (Å²) in [7, 11) is 0. The zero-order chi connectivity index (χ0) is 11.7. The average Bonchev–Trinajstić information content (AvgIpc) is 2.56. The van der Waals surface area contributed by atoms with Crippen LogP contribution in [0.1, 0.15) is 46.0 Å². The van der Waals surface area contributed by atoms with Crippen LogP contribution in [0.4, 0.5) is 0 Å². The van der Waals surface area contributed by atoms with Crippen molar-refractivity contribution >= 4 is 23.2 Å². The smallest absolute Gasteiger partial charge is 0.251 e. The zero-order valence-electron chi connectivity index (χ0n) is 10.0. The van der Waals surface area contributed by atoms with Crippen molar-refractivity contribution in [2.75, 3.05) is 0 Å². The van der Waals surface area contributed by atoms with E-state index in [0.717, 1.165) is 12.8 Å². The molecule has 0 aromatic carbocycles. The van der Waals surface area contributed by atoms with Crippen LogP contribution in [0.2, 0.25) is 0 Å². The molecule has 1 saturated heterocycles. The van der Waals surface area contributed by atoms with Crippen LogP contribution in [0.5, 0.6) is 0 Å². The molecular formula is C12H20N2OS. The fraction of sp³-hybridized carbons (Fsp3) is 0.833. The van der Waals surface area contributed by atoms with Gasteiger partial charge in [-0.2, -0.15) is 0 Å². The topological polar surface area (TPSA) is 32.3 Å². The summed E-state index contributed by atoms with van der Waals surface area (Å²) in [4.78, 5) is 14.1. The Balaban J connectivity index is 2.09. The summed E-state index contributed by atoms with van der Waals surface area (Å²) in [6.07, 6.45) is 5.97. The second-order valence-electron chi connectivity index (χ2n) is 5.17. The highest BCUT2D eigenvalue weighted by Crippen LogP contribution is 2.26. The summed E-state index contributed by atoms with van der Waals surface area (Å²) in [5, 5.41) is 3.81. The summed E-state index contributed by atoms with van der Waals surface area (Å²) in [5.41, 5.74) is 0. The van der Waals surface area contributed by atoms with Gasteiger partial charge in [-0.3, -0.25) is 9.69 Å². The first-order chi connectivity index (χ1) is 7.61. The van der Waals surface area contributed by atoms with Crippen LogP contribution in [-0.4, -0.2) is 28.0 Å². The van der Waals surface area contributed by atoms with Crippen LogP contribution in [0.15, 0.2) is 0 Å². The molecule has 1 aliphatic carbocycles. The minimum absolute atomic E-state index is 0.102. The Morgan fingerprint density at radius 1 is 1.31 bits per heavy atom. The fourth-order valence-electron chi connectivity index (χ4n) is 2.65. The summed E-state index contributed by atoms with van der Waals surface area (Å²) in [6.45, 7) is 4.12. The fourth-order valence-corrected chi connectivity index (χ4v) is 3.02. The van der Waals surface area contributed by atoms with Crippen LogP contribution in [-0.2, 0) is 4.79 Å². The molecule has 2 aliphatic rings. The monoisotopic (exact) mass is 240 g/mol.